The van der Waals surface area contributed by atoms with Gasteiger partial charge in [0.25, 0.3) is 0 Å². The number of amides is 2. The lowest BCUT2D eigenvalue weighted by molar-refractivity contribution is -0.151. The number of hydrogen-bond acceptors (Lipinski definition) is 6. The third-order valence-corrected chi connectivity index (χ3v) is 3.80. The van der Waals surface area contributed by atoms with Crippen molar-refractivity contribution in [2.75, 3.05) is 26.7 Å². The van der Waals surface area contributed by atoms with Gasteiger partial charge in [0, 0.05) is 13.1 Å². The smallest absolute Gasteiger partial charge is 0.411 e. The van der Waals surface area contributed by atoms with Gasteiger partial charge in [0.05, 0.1) is 19.7 Å². The summed E-state index contributed by atoms with van der Waals surface area (Å²) in [7, 11) is 1.25. The molecule has 0 aromatic rings. The quantitative estimate of drug-likeness (QED) is 0.753. The highest BCUT2D eigenvalue weighted by atomic mass is 16.6. The molecular weight excluding hydrogens is 314 g/mol. The van der Waals surface area contributed by atoms with Gasteiger partial charge in [0.1, 0.15) is 5.60 Å². The van der Waals surface area contributed by atoms with Gasteiger partial charge < -0.3 is 20.1 Å². The molecule has 0 aromatic heterocycles. The number of carbonyl (C=O) groups excluding carboxylic acids is 3. The fourth-order valence-corrected chi connectivity index (χ4v) is 2.36. The SMILES string of the molecule is COC(=O)C1CN(C(=O)C(N)C(C)C)CCN1C(=O)OC(C)(C)C. The maximum Gasteiger partial charge on any atom is 0.411 e. The van der Waals surface area contributed by atoms with Crippen molar-refractivity contribution in [3.63, 3.8) is 0 Å². The average Bonchev–Trinajstić information content (AvgIpc) is 2.50. The standard InChI is InChI=1S/C16H29N3O5/c1-10(2)12(17)13(20)18-7-8-19(11(9-18)14(21)23-6)15(22)24-16(3,4)5/h10-12H,7-9,17H2,1-6H3. The Labute approximate surface area is 143 Å². The number of hydrogen-bond donors (Lipinski definition) is 1. The van der Waals surface area contributed by atoms with E-state index in [2.05, 4.69) is 0 Å². The van der Waals surface area contributed by atoms with Gasteiger partial charge in [0.15, 0.2) is 6.04 Å². The summed E-state index contributed by atoms with van der Waals surface area (Å²) in [5, 5.41) is 0. The lowest BCUT2D eigenvalue weighted by Crippen LogP contribution is -2.62. The van der Waals surface area contributed by atoms with Crippen LogP contribution < -0.4 is 5.73 Å². The summed E-state index contributed by atoms with van der Waals surface area (Å²) in [6.07, 6.45) is -0.599. The van der Waals surface area contributed by atoms with E-state index in [-0.39, 0.29) is 24.9 Å². The van der Waals surface area contributed by atoms with E-state index in [1.165, 1.54) is 16.9 Å². The van der Waals surface area contributed by atoms with Crippen LogP contribution in [0.3, 0.4) is 0 Å². The molecule has 1 aliphatic rings. The molecule has 1 fully saturated rings. The van der Waals surface area contributed by atoms with E-state index in [1.54, 1.807) is 20.8 Å². The predicted molar refractivity (Wildman–Crippen MR) is 88.1 cm³/mol. The Morgan fingerprint density at radius 3 is 2.21 bits per heavy atom. The van der Waals surface area contributed by atoms with Crippen molar-refractivity contribution in [3.05, 3.63) is 0 Å². The molecule has 138 valence electrons. The van der Waals surface area contributed by atoms with Crippen molar-refractivity contribution in [1.29, 1.82) is 0 Å². The van der Waals surface area contributed by atoms with E-state index < -0.39 is 29.7 Å². The Morgan fingerprint density at radius 1 is 1.17 bits per heavy atom. The van der Waals surface area contributed by atoms with Crippen molar-refractivity contribution in [3.8, 4) is 0 Å². The summed E-state index contributed by atoms with van der Waals surface area (Å²) in [5.74, 6) is -0.836. The molecule has 0 spiro atoms. The van der Waals surface area contributed by atoms with E-state index >= 15 is 0 Å². The van der Waals surface area contributed by atoms with Crippen molar-refractivity contribution >= 4 is 18.0 Å². The van der Waals surface area contributed by atoms with Gasteiger partial charge in [0.2, 0.25) is 5.91 Å². The van der Waals surface area contributed by atoms with Crippen molar-refractivity contribution in [1.82, 2.24) is 9.80 Å². The van der Waals surface area contributed by atoms with Crippen LogP contribution >= 0.6 is 0 Å². The summed E-state index contributed by atoms with van der Waals surface area (Å²) < 4.78 is 10.1. The molecule has 1 rings (SSSR count). The largest absolute Gasteiger partial charge is 0.467 e. The summed E-state index contributed by atoms with van der Waals surface area (Å²) >= 11 is 0. The third-order valence-electron chi connectivity index (χ3n) is 3.80. The molecule has 2 amide bonds. The van der Waals surface area contributed by atoms with E-state index in [9.17, 15) is 14.4 Å². The van der Waals surface area contributed by atoms with Crippen LogP contribution in [0.15, 0.2) is 0 Å². The Hall–Kier alpha value is -1.83. The fourth-order valence-electron chi connectivity index (χ4n) is 2.36. The lowest BCUT2D eigenvalue weighted by Gasteiger charge is -2.41. The van der Waals surface area contributed by atoms with Crippen molar-refractivity contribution < 1.29 is 23.9 Å². The Morgan fingerprint density at radius 2 is 1.75 bits per heavy atom. The van der Waals surface area contributed by atoms with Crippen LogP contribution in [0.2, 0.25) is 0 Å². The molecule has 0 aromatic carbocycles. The first-order chi connectivity index (χ1) is 11.0. The third kappa shape index (κ3) is 5.09. The predicted octanol–water partition coefficient (Wildman–Crippen LogP) is 0.591. The van der Waals surface area contributed by atoms with Crippen molar-refractivity contribution in [2.24, 2.45) is 11.7 Å². The van der Waals surface area contributed by atoms with Gasteiger partial charge in [-0.2, -0.15) is 0 Å². The molecule has 1 saturated heterocycles. The van der Waals surface area contributed by atoms with Crippen LogP contribution in [0.1, 0.15) is 34.6 Å². The minimum atomic E-state index is -0.901. The van der Waals surface area contributed by atoms with E-state index in [1.807, 2.05) is 13.8 Å². The second kappa shape index (κ2) is 7.83. The molecule has 24 heavy (non-hydrogen) atoms. The van der Waals surface area contributed by atoms with Crippen LogP contribution in [-0.4, -0.2) is 72.2 Å². The van der Waals surface area contributed by atoms with Gasteiger partial charge >= 0.3 is 12.1 Å². The molecule has 0 aliphatic carbocycles. The van der Waals surface area contributed by atoms with Gasteiger partial charge in [-0.15, -0.1) is 0 Å². The number of nitrogens with two attached hydrogens (primary N) is 1. The summed E-state index contributed by atoms with van der Waals surface area (Å²) in [6.45, 7) is 9.50. The van der Waals surface area contributed by atoms with Crippen LogP contribution in [-0.2, 0) is 19.1 Å². The lowest BCUT2D eigenvalue weighted by atomic mass is 10.0. The fraction of sp³-hybridized carbons (Fsp3) is 0.812. The van der Waals surface area contributed by atoms with E-state index in [4.69, 9.17) is 15.2 Å². The molecule has 2 unspecified atom stereocenters. The summed E-state index contributed by atoms with van der Waals surface area (Å²) in [5.41, 5.74) is 5.23. The number of carbonyl (C=O) groups is 3. The maximum atomic E-state index is 12.4. The van der Waals surface area contributed by atoms with Gasteiger partial charge in [-0.1, -0.05) is 13.8 Å². The Balaban J connectivity index is 2.91. The number of methoxy groups -OCH3 is 1. The zero-order valence-electron chi connectivity index (χ0n) is 15.4. The van der Waals surface area contributed by atoms with Gasteiger partial charge in [-0.25, -0.2) is 9.59 Å². The molecule has 0 radical (unpaired) electrons. The highest BCUT2D eigenvalue weighted by molar-refractivity contribution is 5.86. The number of ether oxygens (including phenoxy) is 2. The molecule has 0 saturated carbocycles. The van der Waals surface area contributed by atoms with Crippen LogP contribution in [0.5, 0.6) is 0 Å². The van der Waals surface area contributed by atoms with Crippen LogP contribution in [0.25, 0.3) is 0 Å². The van der Waals surface area contributed by atoms with Crippen LogP contribution in [0.4, 0.5) is 4.79 Å². The van der Waals surface area contributed by atoms with Crippen molar-refractivity contribution in [2.45, 2.75) is 52.3 Å². The number of esters is 1. The molecule has 1 heterocycles. The molecule has 8 nitrogen and oxygen atoms in total. The van der Waals surface area contributed by atoms with E-state index in [0.29, 0.717) is 6.54 Å². The van der Waals surface area contributed by atoms with Gasteiger partial charge in [-0.3, -0.25) is 9.69 Å². The normalized spacial score (nSPS) is 19.9. The monoisotopic (exact) mass is 343 g/mol. The molecule has 8 heteroatoms. The maximum absolute atomic E-state index is 12.4. The first-order valence-electron chi connectivity index (χ1n) is 8.09. The molecule has 2 N–H and O–H groups in total. The topological polar surface area (TPSA) is 102 Å². The number of nitrogens with zero attached hydrogens (tertiary/aromatic N) is 2. The second-order valence-corrected chi connectivity index (χ2v) is 7.27. The first-order valence-corrected chi connectivity index (χ1v) is 8.09. The molecule has 0 bridgehead atoms. The van der Waals surface area contributed by atoms with Crippen LogP contribution in [0, 0.1) is 5.92 Å². The highest BCUT2D eigenvalue weighted by Gasteiger charge is 2.40. The zero-order valence-corrected chi connectivity index (χ0v) is 15.4. The zero-order chi connectivity index (χ0) is 18.7. The second-order valence-electron chi connectivity index (χ2n) is 7.27. The van der Waals surface area contributed by atoms with E-state index in [0.717, 1.165) is 0 Å². The average molecular weight is 343 g/mol. The Bertz CT molecular complexity index is 487. The molecule has 1 aliphatic heterocycles. The Kier molecular flexibility index (Phi) is 6.59. The molecular formula is C16H29N3O5. The number of rotatable bonds is 3. The number of piperazine rings is 1. The molecule has 2 atom stereocenters. The summed E-state index contributed by atoms with van der Waals surface area (Å²) in [4.78, 5) is 39.6. The summed E-state index contributed by atoms with van der Waals surface area (Å²) in [6, 6.07) is -1.54. The minimum Gasteiger partial charge on any atom is -0.467 e. The minimum absolute atomic E-state index is 0.0158. The van der Waals surface area contributed by atoms with Gasteiger partial charge in [-0.05, 0) is 26.7 Å². The highest BCUT2D eigenvalue weighted by Crippen LogP contribution is 2.18. The first kappa shape index (κ1) is 20.2.